The van der Waals surface area contributed by atoms with E-state index in [4.69, 9.17) is 16.3 Å². The van der Waals surface area contributed by atoms with Crippen molar-refractivity contribution in [2.45, 2.75) is 32.5 Å². The molecule has 1 amide bonds. The molecule has 1 heterocycles. The fraction of sp³-hybridized carbons (Fsp3) is 0.400. The van der Waals surface area contributed by atoms with E-state index in [9.17, 15) is 22.8 Å². The van der Waals surface area contributed by atoms with E-state index in [-0.39, 0.29) is 11.1 Å². The molecule has 0 aliphatic heterocycles. The summed E-state index contributed by atoms with van der Waals surface area (Å²) >= 11 is 5.85. The van der Waals surface area contributed by atoms with Crippen molar-refractivity contribution >= 4 is 35.1 Å². The third-order valence-electron chi connectivity index (χ3n) is 2.56. The highest BCUT2D eigenvalue weighted by Gasteiger charge is 2.38. The highest BCUT2D eigenvalue weighted by atomic mass is 35.5. The molecular formula is C15H16ClF3N2O4. The number of ether oxygens (including phenoxy) is 2. The Morgan fingerprint density at radius 2 is 1.88 bits per heavy atom. The van der Waals surface area contributed by atoms with Crippen molar-refractivity contribution in [1.82, 2.24) is 4.98 Å². The number of pyridine rings is 1. The van der Waals surface area contributed by atoms with E-state index >= 15 is 0 Å². The molecule has 0 aromatic carbocycles. The van der Waals surface area contributed by atoms with Gasteiger partial charge in [0, 0.05) is 17.8 Å². The van der Waals surface area contributed by atoms with Gasteiger partial charge in [0.25, 0.3) is 0 Å². The summed E-state index contributed by atoms with van der Waals surface area (Å²) in [5.41, 5.74) is -2.96. The Labute approximate surface area is 147 Å². The van der Waals surface area contributed by atoms with E-state index in [1.54, 1.807) is 20.8 Å². The number of allylic oxidation sites excluding steroid dienone is 1. The van der Waals surface area contributed by atoms with Crippen LogP contribution in [0.5, 0.6) is 0 Å². The zero-order chi connectivity index (χ0) is 19.4. The first-order valence-electron chi connectivity index (χ1n) is 6.87. The number of rotatable bonds is 3. The topological polar surface area (TPSA) is 77.5 Å². The maximum absolute atomic E-state index is 13.4. The molecule has 0 saturated heterocycles. The average molecular weight is 381 g/mol. The normalized spacial score (nSPS) is 12.6. The predicted molar refractivity (Wildman–Crippen MR) is 85.2 cm³/mol. The van der Waals surface area contributed by atoms with E-state index in [2.05, 4.69) is 15.0 Å². The van der Waals surface area contributed by atoms with Gasteiger partial charge >= 0.3 is 18.2 Å². The smallest absolute Gasteiger partial charge is 0.417 e. The molecule has 0 bridgehead atoms. The average Bonchev–Trinajstić information content (AvgIpc) is 2.42. The molecule has 0 aliphatic carbocycles. The second-order valence-electron chi connectivity index (χ2n) is 5.72. The van der Waals surface area contributed by atoms with Crippen LogP contribution in [0, 0.1) is 0 Å². The Morgan fingerprint density at radius 3 is 2.36 bits per heavy atom. The lowest BCUT2D eigenvalue weighted by atomic mass is 10.1. The monoisotopic (exact) mass is 380 g/mol. The summed E-state index contributed by atoms with van der Waals surface area (Å²) in [7, 11) is 0.928. The molecule has 0 aliphatic rings. The number of halogens is 4. The van der Waals surface area contributed by atoms with Crippen molar-refractivity contribution in [3.63, 3.8) is 0 Å². The molecule has 1 rings (SSSR count). The van der Waals surface area contributed by atoms with E-state index < -0.39 is 40.8 Å². The van der Waals surface area contributed by atoms with Crippen molar-refractivity contribution in [3.8, 4) is 0 Å². The third-order valence-corrected chi connectivity index (χ3v) is 2.87. The molecule has 0 saturated carbocycles. The number of hydrogen-bond donors (Lipinski definition) is 1. The van der Waals surface area contributed by atoms with E-state index in [0.717, 1.165) is 19.4 Å². The van der Waals surface area contributed by atoms with Crippen LogP contribution in [-0.4, -0.2) is 35.9 Å². The first kappa shape index (κ1) is 20.8. The summed E-state index contributed by atoms with van der Waals surface area (Å²) < 4.78 is 49.3. The maximum Gasteiger partial charge on any atom is 0.417 e. The summed E-state index contributed by atoms with van der Waals surface area (Å²) in [5, 5.41) is 1.73. The van der Waals surface area contributed by atoms with Gasteiger partial charge < -0.3 is 9.47 Å². The largest absolute Gasteiger partial charge is 0.466 e. The Balaban J connectivity index is 3.41. The van der Waals surface area contributed by atoms with Crippen LogP contribution in [0.15, 0.2) is 18.3 Å². The Hall–Kier alpha value is -2.29. The SMILES string of the molecule is COC(=O)C=C(c1c(Cl)ccnc1NC(=O)OC(C)(C)C)C(F)(F)F. The second-order valence-corrected chi connectivity index (χ2v) is 6.13. The van der Waals surface area contributed by atoms with Crippen molar-refractivity contribution in [3.05, 3.63) is 28.9 Å². The molecule has 0 spiro atoms. The number of nitrogens with zero attached hydrogens (tertiary/aromatic N) is 1. The molecule has 10 heteroatoms. The van der Waals surface area contributed by atoms with Crippen LogP contribution in [0.4, 0.5) is 23.8 Å². The lowest BCUT2D eigenvalue weighted by Crippen LogP contribution is -2.28. The van der Waals surface area contributed by atoms with Gasteiger partial charge in [-0.15, -0.1) is 0 Å². The first-order chi connectivity index (χ1) is 11.3. The predicted octanol–water partition coefficient (Wildman–Crippen LogP) is 4.20. The van der Waals surface area contributed by atoms with Crippen LogP contribution < -0.4 is 5.32 Å². The summed E-state index contributed by atoms with van der Waals surface area (Å²) in [6.45, 7) is 4.74. The third kappa shape index (κ3) is 6.26. The molecule has 6 nitrogen and oxygen atoms in total. The molecule has 0 fully saturated rings. The molecule has 1 aromatic rings. The van der Waals surface area contributed by atoms with E-state index in [0.29, 0.717) is 0 Å². The minimum absolute atomic E-state index is 0.225. The molecule has 0 atom stereocenters. The van der Waals surface area contributed by atoms with Crippen molar-refractivity contribution in [2.24, 2.45) is 0 Å². The lowest BCUT2D eigenvalue weighted by Gasteiger charge is -2.21. The van der Waals surface area contributed by atoms with Crippen molar-refractivity contribution < 1.29 is 32.2 Å². The van der Waals surface area contributed by atoms with Crippen LogP contribution in [0.3, 0.4) is 0 Å². The first-order valence-corrected chi connectivity index (χ1v) is 7.24. The number of amides is 1. The molecule has 0 radical (unpaired) electrons. The quantitative estimate of drug-likeness (QED) is 0.628. The molecule has 0 unspecified atom stereocenters. The van der Waals surface area contributed by atoms with Crippen LogP contribution in [0.1, 0.15) is 26.3 Å². The summed E-state index contributed by atoms with van der Waals surface area (Å²) in [6, 6.07) is 1.09. The summed E-state index contributed by atoms with van der Waals surface area (Å²) in [4.78, 5) is 26.8. The number of alkyl halides is 3. The fourth-order valence-corrected chi connectivity index (χ4v) is 1.91. The number of esters is 1. The van der Waals surface area contributed by atoms with Gasteiger partial charge in [-0.3, -0.25) is 5.32 Å². The van der Waals surface area contributed by atoms with Gasteiger partial charge in [-0.05, 0) is 26.8 Å². The van der Waals surface area contributed by atoms with Gasteiger partial charge in [0.1, 0.15) is 11.4 Å². The Bertz CT molecular complexity index is 697. The molecule has 1 N–H and O–H groups in total. The number of methoxy groups -OCH3 is 1. The highest BCUT2D eigenvalue weighted by molar-refractivity contribution is 6.33. The van der Waals surface area contributed by atoms with Crippen molar-refractivity contribution in [1.29, 1.82) is 0 Å². The van der Waals surface area contributed by atoms with Gasteiger partial charge in [-0.1, -0.05) is 11.6 Å². The fourth-order valence-electron chi connectivity index (χ4n) is 1.66. The number of nitrogens with one attached hydrogen (secondary N) is 1. The summed E-state index contributed by atoms with van der Waals surface area (Å²) in [6.07, 6.45) is -4.65. The van der Waals surface area contributed by atoms with Crippen LogP contribution >= 0.6 is 11.6 Å². The standard InChI is InChI=1S/C15H16ClF3N2O4/c1-14(2,3)25-13(23)21-12-11(9(16)5-6-20-12)8(15(17,18)19)7-10(22)24-4/h5-7H,1-4H3,(H,20,21,23). The van der Waals surface area contributed by atoms with Crippen LogP contribution in [0.2, 0.25) is 5.02 Å². The van der Waals surface area contributed by atoms with Crippen LogP contribution in [0.25, 0.3) is 5.57 Å². The second kappa shape index (κ2) is 7.73. The number of anilines is 1. The van der Waals surface area contributed by atoms with Gasteiger partial charge in [-0.25, -0.2) is 14.6 Å². The highest BCUT2D eigenvalue weighted by Crippen LogP contribution is 2.40. The lowest BCUT2D eigenvalue weighted by molar-refractivity contribution is -0.135. The Kier molecular flexibility index (Phi) is 6.42. The molecular weight excluding hydrogens is 365 g/mol. The molecule has 1 aromatic heterocycles. The van der Waals surface area contributed by atoms with Gasteiger partial charge in [0.05, 0.1) is 17.7 Å². The number of carbonyl (C=O) groups is 2. The summed E-state index contributed by atoms with van der Waals surface area (Å²) in [5.74, 6) is -1.75. The van der Waals surface area contributed by atoms with E-state index in [1.165, 1.54) is 0 Å². The van der Waals surface area contributed by atoms with Crippen LogP contribution in [-0.2, 0) is 14.3 Å². The number of carbonyl (C=O) groups excluding carboxylic acids is 2. The number of hydrogen-bond acceptors (Lipinski definition) is 5. The minimum Gasteiger partial charge on any atom is -0.466 e. The Morgan fingerprint density at radius 1 is 1.28 bits per heavy atom. The zero-order valence-electron chi connectivity index (χ0n) is 13.8. The molecule has 25 heavy (non-hydrogen) atoms. The molecule has 138 valence electrons. The number of aromatic nitrogens is 1. The van der Waals surface area contributed by atoms with E-state index in [1.807, 2.05) is 0 Å². The van der Waals surface area contributed by atoms with Gasteiger partial charge in [-0.2, -0.15) is 13.2 Å². The van der Waals surface area contributed by atoms with Crippen molar-refractivity contribution in [2.75, 3.05) is 12.4 Å². The van der Waals surface area contributed by atoms with Gasteiger partial charge in [0.15, 0.2) is 0 Å². The van der Waals surface area contributed by atoms with Gasteiger partial charge in [0.2, 0.25) is 0 Å². The minimum atomic E-state index is -4.95. The maximum atomic E-state index is 13.4. The zero-order valence-corrected chi connectivity index (χ0v) is 14.6.